The van der Waals surface area contributed by atoms with E-state index in [0.29, 0.717) is 18.1 Å². The molecule has 0 atom stereocenters. The fraction of sp³-hybridized carbons (Fsp3) is 0.143. The lowest BCUT2D eigenvalue weighted by Crippen LogP contribution is -2.05. The van der Waals surface area contributed by atoms with Crippen LogP contribution in [0.3, 0.4) is 0 Å². The molecule has 2 heterocycles. The fourth-order valence-corrected chi connectivity index (χ4v) is 3.23. The third-order valence-electron chi connectivity index (χ3n) is 3.12. The SMILES string of the molecule is N#Cc1ccc2nc(N)n(CCc3ccc(Cl)s3)c2c1. The van der Waals surface area contributed by atoms with Crippen molar-refractivity contribution in [3.8, 4) is 6.07 Å². The molecule has 0 amide bonds. The molecule has 0 aliphatic rings. The zero-order chi connectivity index (χ0) is 14.1. The summed E-state index contributed by atoms with van der Waals surface area (Å²) in [6, 6.07) is 11.4. The molecule has 3 aromatic rings. The number of hydrogen-bond acceptors (Lipinski definition) is 4. The van der Waals surface area contributed by atoms with Crippen LogP contribution in [0.1, 0.15) is 10.4 Å². The first-order valence-electron chi connectivity index (χ1n) is 6.07. The van der Waals surface area contributed by atoms with Gasteiger partial charge >= 0.3 is 0 Å². The number of benzene rings is 1. The van der Waals surface area contributed by atoms with Gasteiger partial charge in [0, 0.05) is 11.4 Å². The second kappa shape index (κ2) is 5.16. The topological polar surface area (TPSA) is 67.6 Å². The van der Waals surface area contributed by atoms with Crippen molar-refractivity contribution in [2.24, 2.45) is 0 Å². The summed E-state index contributed by atoms with van der Waals surface area (Å²) < 4.78 is 2.72. The summed E-state index contributed by atoms with van der Waals surface area (Å²) in [6.07, 6.45) is 0.837. The van der Waals surface area contributed by atoms with Crippen LogP contribution in [0.4, 0.5) is 5.95 Å². The number of imidazole rings is 1. The number of fused-ring (bicyclic) bond motifs is 1. The van der Waals surface area contributed by atoms with Crippen LogP contribution in [0.5, 0.6) is 0 Å². The molecule has 0 radical (unpaired) electrons. The van der Waals surface area contributed by atoms with Crippen LogP contribution in [0.15, 0.2) is 30.3 Å². The van der Waals surface area contributed by atoms with Crippen molar-refractivity contribution in [2.45, 2.75) is 13.0 Å². The quantitative estimate of drug-likeness (QED) is 0.805. The third-order valence-corrected chi connectivity index (χ3v) is 4.41. The van der Waals surface area contributed by atoms with Crippen LogP contribution in [-0.4, -0.2) is 9.55 Å². The summed E-state index contributed by atoms with van der Waals surface area (Å²) in [6.45, 7) is 0.716. The van der Waals surface area contributed by atoms with Crippen molar-refractivity contribution < 1.29 is 0 Å². The van der Waals surface area contributed by atoms with Crippen molar-refractivity contribution in [3.63, 3.8) is 0 Å². The molecule has 0 spiro atoms. The molecule has 0 aliphatic heterocycles. The van der Waals surface area contributed by atoms with E-state index in [-0.39, 0.29) is 0 Å². The van der Waals surface area contributed by atoms with Gasteiger partial charge < -0.3 is 10.3 Å². The molecular formula is C14H11ClN4S. The largest absolute Gasteiger partial charge is 0.369 e. The summed E-state index contributed by atoms with van der Waals surface area (Å²) in [5.74, 6) is 0.470. The minimum atomic E-state index is 0.470. The molecule has 0 saturated carbocycles. The average molecular weight is 303 g/mol. The molecule has 2 N–H and O–H groups in total. The van der Waals surface area contributed by atoms with Crippen LogP contribution in [0.25, 0.3) is 11.0 Å². The molecular weight excluding hydrogens is 292 g/mol. The average Bonchev–Trinajstić information content (AvgIpc) is 2.98. The molecule has 0 fully saturated rings. The summed E-state index contributed by atoms with van der Waals surface area (Å²) in [4.78, 5) is 5.52. The predicted octanol–water partition coefficient (Wildman–Crippen LogP) is 3.45. The Labute approximate surface area is 125 Å². The number of nitrogens with zero attached hydrogens (tertiary/aromatic N) is 3. The maximum atomic E-state index is 8.98. The standard InChI is InChI=1S/C14H11ClN4S/c15-13-4-2-10(20-13)5-6-19-12-7-9(8-16)1-3-11(12)18-14(19)17/h1-4,7H,5-6H2,(H2,17,18). The van der Waals surface area contributed by atoms with E-state index in [1.807, 2.05) is 28.8 Å². The van der Waals surface area contributed by atoms with Crippen LogP contribution in [0, 0.1) is 11.3 Å². The molecule has 0 bridgehead atoms. The van der Waals surface area contributed by atoms with E-state index < -0.39 is 0 Å². The molecule has 100 valence electrons. The summed E-state index contributed by atoms with van der Waals surface area (Å²) in [7, 11) is 0. The number of nitrogens with two attached hydrogens (primary N) is 1. The van der Waals surface area contributed by atoms with E-state index in [2.05, 4.69) is 11.1 Å². The van der Waals surface area contributed by atoms with Gasteiger partial charge in [0.05, 0.1) is 27.0 Å². The second-order valence-corrected chi connectivity index (χ2v) is 6.19. The number of rotatable bonds is 3. The number of nitriles is 1. The van der Waals surface area contributed by atoms with E-state index in [1.54, 1.807) is 17.4 Å². The molecule has 0 aliphatic carbocycles. The van der Waals surface area contributed by atoms with Crippen molar-refractivity contribution in [3.05, 3.63) is 45.1 Å². The van der Waals surface area contributed by atoms with Gasteiger partial charge in [0.1, 0.15) is 0 Å². The first kappa shape index (κ1) is 13.0. The number of halogens is 1. The first-order chi connectivity index (χ1) is 9.67. The van der Waals surface area contributed by atoms with Gasteiger partial charge in [-0.1, -0.05) is 11.6 Å². The number of aromatic nitrogens is 2. The molecule has 6 heteroatoms. The van der Waals surface area contributed by atoms with Crippen molar-refractivity contribution >= 4 is 39.9 Å². The number of aryl methyl sites for hydroxylation is 2. The Bertz CT molecular complexity index is 812. The van der Waals surface area contributed by atoms with Crippen LogP contribution in [-0.2, 0) is 13.0 Å². The summed E-state index contributed by atoms with van der Waals surface area (Å²) >= 11 is 7.49. The van der Waals surface area contributed by atoms with Gasteiger partial charge in [0.15, 0.2) is 0 Å². The van der Waals surface area contributed by atoms with Crippen LogP contribution in [0.2, 0.25) is 4.34 Å². The lowest BCUT2D eigenvalue weighted by atomic mass is 10.2. The minimum absolute atomic E-state index is 0.470. The molecule has 20 heavy (non-hydrogen) atoms. The maximum Gasteiger partial charge on any atom is 0.201 e. The first-order valence-corrected chi connectivity index (χ1v) is 7.27. The summed E-state index contributed by atoms with van der Waals surface area (Å²) in [5.41, 5.74) is 8.27. The van der Waals surface area contributed by atoms with Gasteiger partial charge in [-0.15, -0.1) is 11.3 Å². The number of hydrogen-bond donors (Lipinski definition) is 1. The molecule has 0 saturated heterocycles. The molecule has 3 rings (SSSR count). The van der Waals surface area contributed by atoms with E-state index in [0.717, 1.165) is 21.8 Å². The Hall–Kier alpha value is -2.03. The lowest BCUT2D eigenvalue weighted by molar-refractivity contribution is 0.733. The Morgan fingerprint density at radius 2 is 2.20 bits per heavy atom. The Balaban J connectivity index is 1.94. The van der Waals surface area contributed by atoms with E-state index in [4.69, 9.17) is 22.6 Å². The molecule has 0 unspecified atom stereocenters. The van der Waals surface area contributed by atoms with Gasteiger partial charge in [-0.2, -0.15) is 5.26 Å². The Kier molecular flexibility index (Phi) is 3.35. The normalized spacial score (nSPS) is 10.8. The predicted molar refractivity (Wildman–Crippen MR) is 81.9 cm³/mol. The Morgan fingerprint density at radius 1 is 1.35 bits per heavy atom. The van der Waals surface area contributed by atoms with E-state index in [1.165, 1.54) is 4.88 Å². The van der Waals surface area contributed by atoms with Crippen LogP contribution >= 0.6 is 22.9 Å². The number of anilines is 1. The molecule has 4 nitrogen and oxygen atoms in total. The minimum Gasteiger partial charge on any atom is -0.369 e. The highest BCUT2D eigenvalue weighted by Gasteiger charge is 2.09. The molecule has 1 aromatic carbocycles. The summed E-state index contributed by atoms with van der Waals surface area (Å²) in [5, 5.41) is 8.98. The maximum absolute atomic E-state index is 8.98. The van der Waals surface area contributed by atoms with Gasteiger partial charge in [-0.05, 0) is 36.8 Å². The second-order valence-electron chi connectivity index (χ2n) is 4.39. The zero-order valence-corrected chi connectivity index (χ0v) is 12.1. The highest BCUT2D eigenvalue weighted by molar-refractivity contribution is 7.16. The Morgan fingerprint density at radius 3 is 2.90 bits per heavy atom. The van der Waals surface area contributed by atoms with E-state index in [9.17, 15) is 0 Å². The smallest absolute Gasteiger partial charge is 0.201 e. The van der Waals surface area contributed by atoms with Gasteiger partial charge in [0.25, 0.3) is 0 Å². The van der Waals surface area contributed by atoms with Crippen molar-refractivity contribution in [2.75, 3.05) is 5.73 Å². The number of nitrogen functional groups attached to an aromatic ring is 1. The van der Waals surface area contributed by atoms with Crippen LogP contribution < -0.4 is 5.73 Å². The zero-order valence-electron chi connectivity index (χ0n) is 10.5. The monoisotopic (exact) mass is 302 g/mol. The number of thiophene rings is 1. The van der Waals surface area contributed by atoms with Crippen molar-refractivity contribution in [1.29, 1.82) is 5.26 Å². The van der Waals surface area contributed by atoms with Gasteiger partial charge in [0.2, 0.25) is 5.95 Å². The van der Waals surface area contributed by atoms with Gasteiger partial charge in [-0.3, -0.25) is 0 Å². The van der Waals surface area contributed by atoms with Crippen molar-refractivity contribution in [1.82, 2.24) is 9.55 Å². The lowest BCUT2D eigenvalue weighted by Gasteiger charge is -2.05. The highest BCUT2D eigenvalue weighted by Crippen LogP contribution is 2.24. The van der Waals surface area contributed by atoms with Gasteiger partial charge in [-0.25, -0.2) is 4.98 Å². The highest BCUT2D eigenvalue weighted by atomic mass is 35.5. The van der Waals surface area contributed by atoms with E-state index >= 15 is 0 Å². The molecule has 2 aromatic heterocycles. The third kappa shape index (κ3) is 2.36. The fourth-order valence-electron chi connectivity index (χ4n) is 2.15.